The first-order chi connectivity index (χ1) is 6.33. The third kappa shape index (κ3) is 4.65. The van der Waals surface area contributed by atoms with Crippen LogP contribution in [-0.2, 0) is 4.79 Å². The molecule has 1 rings (SSSR count). The molecule has 0 radical (unpaired) electrons. The van der Waals surface area contributed by atoms with E-state index < -0.39 is 0 Å². The Morgan fingerprint density at radius 3 is 2.38 bits per heavy atom. The molecule has 1 N–H and O–H groups in total. The highest BCUT2D eigenvalue weighted by Gasteiger charge is 2.13. The summed E-state index contributed by atoms with van der Waals surface area (Å²) < 4.78 is 0. The van der Waals surface area contributed by atoms with E-state index in [1.54, 1.807) is 0 Å². The molecule has 0 aromatic carbocycles. The van der Waals surface area contributed by atoms with Gasteiger partial charge in [-0.15, -0.1) is 0 Å². The number of hydrogen-bond acceptors (Lipinski definition) is 1. The summed E-state index contributed by atoms with van der Waals surface area (Å²) in [5, 5.41) is 3.86. The molecule has 1 fully saturated rings. The summed E-state index contributed by atoms with van der Waals surface area (Å²) >= 11 is 3.27. The highest BCUT2D eigenvalue weighted by atomic mass is 79.9. The van der Waals surface area contributed by atoms with Crippen molar-refractivity contribution in [3.05, 3.63) is 0 Å². The number of carbonyl (C=O) groups is 1. The molecule has 0 aliphatic heterocycles. The number of alkyl halides is 1. The van der Waals surface area contributed by atoms with Crippen LogP contribution in [0.25, 0.3) is 0 Å². The quantitative estimate of drug-likeness (QED) is 0.603. The van der Waals surface area contributed by atoms with Crippen LogP contribution >= 0.6 is 15.9 Å². The summed E-state index contributed by atoms with van der Waals surface area (Å²) in [5.74, 6) is 0.198. The Hall–Kier alpha value is -0.0500. The van der Waals surface area contributed by atoms with Gasteiger partial charge in [-0.3, -0.25) is 4.79 Å². The van der Waals surface area contributed by atoms with Gasteiger partial charge in [0.1, 0.15) is 0 Å². The van der Waals surface area contributed by atoms with Gasteiger partial charge in [0.15, 0.2) is 0 Å². The lowest BCUT2D eigenvalue weighted by molar-refractivity contribution is -0.121. The fourth-order valence-corrected chi connectivity index (χ4v) is 2.17. The fourth-order valence-electron chi connectivity index (χ4n) is 1.81. The molecule has 3 heteroatoms. The van der Waals surface area contributed by atoms with Gasteiger partial charge in [-0.1, -0.05) is 41.6 Å². The number of nitrogens with one attached hydrogen (secondary N) is 1. The Morgan fingerprint density at radius 1 is 1.23 bits per heavy atom. The van der Waals surface area contributed by atoms with E-state index in [0.717, 1.165) is 5.33 Å². The van der Waals surface area contributed by atoms with E-state index in [0.29, 0.717) is 12.5 Å². The summed E-state index contributed by atoms with van der Waals surface area (Å²) in [5.41, 5.74) is 0. The van der Waals surface area contributed by atoms with Gasteiger partial charge in [-0.2, -0.15) is 0 Å². The molecule has 2 nitrogen and oxygen atoms in total. The highest BCUT2D eigenvalue weighted by molar-refractivity contribution is 9.09. The first-order valence-electron chi connectivity index (χ1n) is 5.18. The van der Waals surface area contributed by atoms with Crippen molar-refractivity contribution in [3.63, 3.8) is 0 Å². The van der Waals surface area contributed by atoms with Crippen LogP contribution in [0.2, 0.25) is 0 Å². The van der Waals surface area contributed by atoms with Crippen molar-refractivity contribution in [1.82, 2.24) is 5.32 Å². The summed E-state index contributed by atoms with van der Waals surface area (Å²) in [6.45, 7) is 0. The van der Waals surface area contributed by atoms with Gasteiger partial charge in [0.05, 0.1) is 0 Å². The first-order valence-corrected chi connectivity index (χ1v) is 6.30. The van der Waals surface area contributed by atoms with E-state index in [9.17, 15) is 4.79 Å². The molecular formula is C10H18BrNO. The fraction of sp³-hybridized carbons (Fsp3) is 0.900. The predicted molar refractivity (Wildman–Crippen MR) is 58.0 cm³/mol. The topological polar surface area (TPSA) is 29.1 Å². The number of rotatable bonds is 3. The number of halogens is 1. The second-order valence-corrected chi connectivity index (χ2v) is 4.49. The summed E-state index contributed by atoms with van der Waals surface area (Å²) in [6.07, 6.45) is 8.19. The maximum absolute atomic E-state index is 11.3. The Labute approximate surface area is 88.6 Å². The van der Waals surface area contributed by atoms with Gasteiger partial charge in [-0.05, 0) is 12.8 Å². The molecule has 1 aliphatic carbocycles. The zero-order chi connectivity index (χ0) is 9.52. The second-order valence-electron chi connectivity index (χ2n) is 3.69. The molecule has 0 heterocycles. The van der Waals surface area contributed by atoms with Gasteiger partial charge in [0.2, 0.25) is 5.91 Å². The van der Waals surface area contributed by atoms with Crippen molar-refractivity contribution in [3.8, 4) is 0 Å². The van der Waals surface area contributed by atoms with Crippen LogP contribution in [0.3, 0.4) is 0 Å². The van der Waals surface area contributed by atoms with E-state index in [2.05, 4.69) is 21.2 Å². The smallest absolute Gasteiger partial charge is 0.221 e. The highest BCUT2D eigenvalue weighted by Crippen LogP contribution is 2.17. The van der Waals surface area contributed by atoms with E-state index in [4.69, 9.17) is 0 Å². The van der Waals surface area contributed by atoms with E-state index >= 15 is 0 Å². The molecule has 0 unspecified atom stereocenters. The van der Waals surface area contributed by atoms with Crippen LogP contribution < -0.4 is 5.32 Å². The van der Waals surface area contributed by atoms with E-state index in [1.807, 2.05) is 0 Å². The molecule has 0 spiro atoms. The number of carbonyl (C=O) groups excluding carboxylic acids is 1. The molecular weight excluding hydrogens is 230 g/mol. The molecule has 1 saturated carbocycles. The van der Waals surface area contributed by atoms with Crippen molar-refractivity contribution >= 4 is 21.8 Å². The molecule has 0 atom stereocenters. The van der Waals surface area contributed by atoms with E-state index in [1.165, 1.54) is 38.5 Å². The average Bonchev–Trinajstić information content (AvgIpc) is 2.33. The van der Waals surface area contributed by atoms with E-state index in [-0.39, 0.29) is 5.91 Å². The lowest BCUT2D eigenvalue weighted by atomic mass is 10.1. The van der Waals surface area contributed by atoms with Gasteiger partial charge in [-0.25, -0.2) is 0 Å². The van der Waals surface area contributed by atoms with Gasteiger partial charge in [0, 0.05) is 17.8 Å². The lowest BCUT2D eigenvalue weighted by Gasteiger charge is -2.15. The minimum absolute atomic E-state index is 0.198. The molecule has 0 saturated heterocycles. The van der Waals surface area contributed by atoms with Crippen molar-refractivity contribution in [2.24, 2.45) is 0 Å². The summed E-state index contributed by atoms with van der Waals surface area (Å²) in [7, 11) is 0. The Bertz CT molecular complexity index is 153. The zero-order valence-electron chi connectivity index (χ0n) is 8.02. The Balaban J connectivity index is 2.21. The van der Waals surface area contributed by atoms with Crippen molar-refractivity contribution in [2.45, 2.75) is 51.0 Å². The first kappa shape index (κ1) is 11.0. The molecule has 0 aromatic rings. The number of amides is 1. The standard InChI is InChI=1S/C10H18BrNO/c11-8-7-10(13)12-9-5-3-1-2-4-6-9/h9H,1-8H2,(H,12,13). The van der Waals surface area contributed by atoms with Gasteiger partial charge >= 0.3 is 0 Å². The summed E-state index contributed by atoms with van der Waals surface area (Å²) in [4.78, 5) is 11.3. The Kier molecular flexibility index (Phi) is 5.44. The second kappa shape index (κ2) is 6.41. The lowest BCUT2D eigenvalue weighted by Crippen LogP contribution is -2.34. The predicted octanol–water partition coefficient (Wildman–Crippen LogP) is 2.61. The maximum atomic E-state index is 11.3. The van der Waals surface area contributed by atoms with Crippen LogP contribution in [0.1, 0.15) is 44.9 Å². The monoisotopic (exact) mass is 247 g/mol. The molecule has 13 heavy (non-hydrogen) atoms. The third-order valence-corrected chi connectivity index (χ3v) is 2.94. The van der Waals surface area contributed by atoms with Crippen LogP contribution in [0.4, 0.5) is 0 Å². The number of hydrogen-bond donors (Lipinski definition) is 1. The molecule has 0 aromatic heterocycles. The third-order valence-electron chi connectivity index (χ3n) is 2.54. The average molecular weight is 248 g/mol. The van der Waals surface area contributed by atoms with Gasteiger partial charge in [0.25, 0.3) is 0 Å². The molecule has 1 aliphatic rings. The van der Waals surface area contributed by atoms with Crippen LogP contribution in [-0.4, -0.2) is 17.3 Å². The summed E-state index contributed by atoms with van der Waals surface area (Å²) in [6, 6.07) is 0.453. The van der Waals surface area contributed by atoms with Crippen molar-refractivity contribution in [2.75, 3.05) is 5.33 Å². The molecule has 76 valence electrons. The minimum atomic E-state index is 0.198. The van der Waals surface area contributed by atoms with Crippen LogP contribution in [0.15, 0.2) is 0 Å². The van der Waals surface area contributed by atoms with Gasteiger partial charge < -0.3 is 5.32 Å². The van der Waals surface area contributed by atoms with Crippen LogP contribution in [0, 0.1) is 0 Å². The normalized spacial score (nSPS) is 19.5. The van der Waals surface area contributed by atoms with Crippen molar-refractivity contribution < 1.29 is 4.79 Å². The van der Waals surface area contributed by atoms with Crippen LogP contribution in [0.5, 0.6) is 0 Å². The minimum Gasteiger partial charge on any atom is -0.353 e. The largest absolute Gasteiger partial charge is 0.353 e. The van der Waals surface area contributed by atoms with Crippen molar-refractivity contribution in [1.29, 1.82) is 0 Å². The molecule has 1 amide bonds. The zero-order valence-corrected chi connectivity index (χ0v) is 9.61. The molecule has 0 bridgehead atoms. The Morgan fingerprint density at radius 2 is 1.85 bits per heavy atom. The maximum Gasteiger partial charge on any atom is 0.221 e. The SMILES string of the molecule is O=C(CCBr)NC1CCCCCC1.